The summed E-state index contributed by atoms with van der Waals surface area (Å²) in [6.07, 6.45) is 2.46. The number of nitrogens with zero attached hydrogens (tertiary/aromatic N) is 1. The van der Waals surface area contributed by atoms with Crippen molar-refractivity contribution < 1.29 is 9.13 Å². The Morgan fingerprint density at radius 3 is 2.81 bits per heavy atom. The molecule has 1 heterocycles. The lowest BCUT2D eigenvalue weighted by molar-refractivity contribution is 0.211. The van der Waals surface area contributed by atoms with Crippen molar-refractivity contribution in [3.8, 4) is 11.3 Å². The lowest BCUT2D eigenvalue weighted by Crippen LogP contribution is -2.08. The molecular weight excluding hydrogens is 329 g/mol. The van der Waals surface area contributed by atoms with Gasteiger partial charge >= 0.3 is 0 Å². The van der Waals surface area contributed by atoms with Crippen LogP contribution in [-0.4, -0.2) is 31.3 Å². The Balaban J connectivity index is 1.76. The number of halogens is 1. The van der Waals surface area contributed by atoms with Crippen molar-refractivity contribution in [2.24, 2.45) is 0 Å². The van der Waals surface area contributed by atoms with Crippen LogP contribution in [0.2, 0.25) is 0 Å². The van der Waals surface area contributed by atoms with Crippen LogP contribution in [0, 0.1) is 5.82 Å². The zero-order chi connectivity index (χ0) is 17.9. The molecule has 0 spiro atoms. The van der Waals surface area contributed by atoms with Crippen molar-refractivity contribution in [2.75, 3.05) is 30.9 Å². The number of benzene rings is 2. The van der Waals surface area contributed by atoms with Crippen LogP contribution in [0.25, 0.3) is 22.2 Å². The third-order valence-electron chi connectivity index (χ3n) is 4.50. The van der Waals surface area contributed by atoms with E-state index in [0.717, 1.165) is 33.5 Å². The van der Waals surface area contributed by atoms with Gasteiger partial charge in [-0.2, -0.15) is 0 Å². The number of nitrogens with one attached hydrogen (secondary N) is 2. The number of hydrogen-bond donors (Lipinski definition) is 2. The highest BCUT2D eigenvalue weighted by Gasteiger charge is 2.21. The van der Waals surface area contributed by atoms with Crippen LogP contribution in [0.5, 0.6) is 0 Å². The fourth-order valence-corrected chi connectivity index (χ4v) is 3.01. The molecule has 26 heavy (non-hydrogen) atoms. The van der Waals surface area contributed by atoms with Gasteiger partial charge in [-0.1, -0.05) is 12.1 Å². The van der Waals surface area contributed by atoms with Gasteiger partial charge in [0.15, 0.2) is 0 Å². The maximum absolute atomic E-state index is 13.6. The van der Waals surface area contributed by atoms with Crippen molar-refractivity contribution in [3.63, 3.8) is 0 Å². The Kier molecular flexibility index (Phi) is 4.71. The van der Waals surface area contributed by atoms with Crippen LogP contribution in [0.3, 0.4) is 0 Å². The molecule has 0 aliphatic heterocycles. The van der Waals surface area contributed by atoms with Gasteiger partial charge in [0.1, 0.15) is 5.82 Å². The zero-order valence-electron chi connectivity index (χ0n) is 14.8. The summed E-state index contributed by atoms with van der Waals surface area (Å²) in [6.45, 7) is 1.30. The lowest BCUT2D eigenvalue weighted by Gasteiger charge is -2.14. The Labute approximate surface area is 152 Å². The third kappa shape index (κ3) is 3.78. The minimum atomic E-state index is -0.262. The highest BCUT2D eigenvalue weighted by molar-refractivity contribution is 5.95. The van der Waals surface area contributed by atoms with Crippen LogP contribution in [-0.2, 0) is 4.74 Å². The van der Waals surface area contributed by atoms with Crippen LogP contribution < -0.4 is 10.6 Å². The molecule has 0 amide bonds. The van der Waals surface area contributed by atoms with Gasteiger partial charge in [-0.15, -0.1) is 0 Å². The molecule has 1 aliphatic carbocycles. The fraction of sp³-hybridized carbons (Fsp3) is 0.286. The smallest absolute Gasteiger partial charge is 0.123 e. The van der Waals surface area contributed by atoms with E-state index in [1.807, 2.05) is 18.2 Å². The number of rotatable bonds is 7. The molecule has 1 fully saturated rings. The molecule has 2 aromatic carbocycles. The quantitative estimate of drug-likeness (QED) is 0.607. The number of ether oxygens (including phenoxy) is 1. The number of anilines is 2. The number of hydrogen-bond acceptors (Lipinski definition) is 4. The number of aromatic nitrogens is 1. The van der Waals surface area contributed by atoms with Crippen LogP contribution in [0.1, 0.15) is 12.8 Å². The van der Waals surface area contributed by atoms with Crippen LogP contribution in [0.4, 0.5) is 15.8 Å². The summed E-state index contributed by atoms with van der Waals surface area (Å²) < 4.78 is 18.8. The first-order valence-corrected chi connectivity index (χ1v) is 8.93. The summed E-state index contributed by atoms with van der Waals surface area (Å²) in [7, 11) is 1.68. The van der Waals surface area contributed by atoms with E-state index in [1.54, 1.807) is 13.2 Å². The van der Waals surface area contributed by atoms with Crippen molar-refractivity contribution in [3.05, 3.63) is 54.3 Å². The van der Waals surface area contributed by atoms with Gasteiger partial charge in [-0.25, -0.2) is 9.37 Å². The Hall–Kier alpha value is -2.66. The predicted molar refractivity (Wildman–Crippen MR) is 104 cm³/mol. The SMILES string of the molecule is COCCNc1cc(-c2cccc(F)c2)nc2ccc(NC3CC3)cc12. The van der Waals surface area contributed by atoms with Crippen molar-refractivity contribution >= 4 is 22.3 Å². The minimum Gasteiger partial charge on any atom is -0.383 e. The topological polar surface area (TPSA) is 46.2 Å². The van der Waals surface area contributed by atoms with Gasteiger partial charge in [-0.3, -0.25) is 0 Å². The molecule has 5 heteroatoms. The van der Waals surface area contributed by atoms with E-state index >= 15 is 0 Å². The molecule has 4 nitrogen and oxygen atoms in total. The molecule has 0 saturated heterocycles. The molecule has 1 saturated carbocycles. The average molecular weight is 351 g/mol. The number of methoxy groups -OCH3 is 1. The lowest BCUT2D eigenvalue weighted by atomic mass is 10.1. The van der Waals surface area contributed by atoms with Crippen molar-refractivity contribution in [2.45, 2.75) is 18.9 Å². The highest BCUT2D eigenvalue weighted by atomic mass is 19.1. The summed E-state index contributed by atoms with van der Waals surface area (Å²) in [5.41, 5.74) is 4.48. The van der Waals surface area contributed by atoms with Crippen molar-refractivity contribution in [1.29, 1.82) is 0 Å². The van der Waals surface area contributed by atoms with E-state index in [-0.39, 0.29) is 5.82 Å². The number of fused-ring (bicyclic) bond motifs is 1. The van der Waals surface area contributed by atoms with E-state index < -0.39 is 0 Å². The second-order valence-electron chi connectivity index (χ2n) is 6.64. The van der Waals surface area contributed by atoms with Gasteiger partial charge in [0.2, 0.25) is 0 Å². The maximum atomic E-state index is 13.6. The summed E-state index contributed by atoms with van der Waals surface area (Å²) in [6, 6.07) is 15.3. The first-order valence-electron chi connectivity index (χ1n) is 8.93. The molecule has 0 atom stereocenters. The second kappa shape index (κ2) is 7.30. The second-order valence-corrected chi connectivity index (χ2v) is 6.64. The normalized spacial score (nSPS) is 13.8. The first kappa shape index (κ1) is 16.8. The van der Waals surface area contributed by atoms with Crippen LogP contribution >= 0.6 is 0 Å². The van der Waals surface area contributed by atoms with E-state index in [0.29, 0.717) is 19.2 Å². The van der Waals surface area contributed by atoms with E-state index in [9.17, 15) is 4.39 Å². The van der Waals surface area contributed by atoms with Crippen molar-refractivity contribution in [1.82, 2.24) is 4.98 Å². The van der Waals surface area contributed by atoms with E-state index in [1.165, 1.54) is 25.0 Å². The van der Waals surface area contributed by atoms with Crippen LogP contribution in [0.15, 0.2) is 48.5 Å². The van der Waals surface area contributed by atoms with Gasteiger partial charge in [0.05, 0.1) is 17.8 Å². The molecule has 0 bridgehead atoms. The molecule has 2 N–H and O–H groups in total. The maximum Gasteiger partial charge on any atom is 0.123 e. The van der Waals surface area contributed by atoms with Gasteiger partial charge < -0.3 is 15.4 Å². The Morgan fingerprint density at radius 1 is 1.15 bits per heavy atom. The van der Waals surface area contributed by atoms with E-state index in [4.69, 9.17) is 9.72 Å². The minimum absolute atomic E-state index is 0.262. The summed E-state index contributed by atoms with van der Waals surface area (Å²) in [5.74, 6) is -0.262. The Morgan fingerprint density at radius 2 is 2.04 bits per heavy atom. The monoisotopic (exact) mass is 351 g/mol. The molecule has 0 radical (unpaired) electrons. The van der Waals surface area contributed by atoms with E-state index in [2.05, 4.69) is 22.8 Å². The summed E-state index contributed by atoms with van der Waals surface area (Å²) >= 11 is 0. The number of pyridine rings is 1. The Bertz CT molecular complexity index is 924. The zero-order valence-corrected chi connectivity index (χ0v) is 14.8. The molecule has 134 valence electrons. The molecule has 4 rings (SSSR count). The van der Waals surface area contributed by atoms with Gasteiger partial charge in [0, 0.05) is 42.0 Å². The first-order chi connectivity index (χ1) is 12.7. The standard InChI is InChI=1S/C21H22FN3O/c1-26-10-9-23-21-13-20(14-3-2-4-15(22)11-14)25-19-8-7-17(12-18(19)21)24-16-5-6-16/h2-4,7-8,11-13,16,24H,5-6,9-10H2,1H3,(H,23,25). The average Bonchev–Trinajstić information content (AvgIpc) is 3.46. The largest absolute Gasteiger partial charge is 0.383 e. The summed E-state index contributed by atoms with van der Waals surface area (Å²) in [5, 5.41) is 8.00. The molecule has 1 aliphatic rings. The van der Waals surface area contributed by atoms with Gasteiger partial charge in [-0.05, 0) is 49.2 Å². The fourth-order valence-electron chi connectivity index (χ4n) is 3.01. The summed E-state index contributed by atoms with van der Waals surface area (Å²) in [4.78, 5) is 4.75. The third-order valence-corrected chi connectivity index (χ3v) is 4.50. The highest BCUT2D eigenvalue weighted by Crippen LogP contribution is 2.32. The molecular formula is C21H22FN3O. The molecule has 3 aromatic rings. The molecule has 1 aromatic heterocycles. The molecule has 0 unspecified atom stereocenters. The predicted octanol–water partition coefficient (Wildman–Crippen LogP) is 4.67. The van der Waals surface area contributed by atoms with Gasteiger partial charge in [0.25, 0.3) is 0 Å².